The van der Waals surface area contributed by atoms with E-state index in [0.29, 0.717) is 17.0 Å². The molecule has 0 bridgehead atoms. The number of benzene rings is 2. The summed E-state index contributed by atoms with van der Waals surface area (Å²) in [6.07, 6.45) is 0. The number of halogens is 1. The van der Waals surface area contributed by atoms with E-state index >= 15 is 0 Å². The molecule has 6 nitrogen and oxygen atoms in total. The van der Waals surface area contributed by atoms with Gasteiger partial charge in [0.05, 0.1) is 16.9 Å². The maximum absolute atomic E-state index is 13.0. The molecular weight excluding hydrogens is 339 g/mol. The molecule has 1 heterocycles. The molecule has 130 valence electrons. The molecule has 3 aromatic rings. The van der Waals surface area contributed by atoms with Gasteiger partial charge in [-0.2, -0.15) is 0 Å². The van der Waals surface area contributed by atoms with Crippen LogP contribution in [0.4, 0.5) is 15.8 Å². The summed E-state index contributed by atoms with van der Waals surface area (Å²) in [5.41, 5.74) is 1.16. The van der Waals surface area contributed by atoms with E-state index in [1.807, 2.05) is 0 Å². The fourth-order valence-corrected chi connectivity index (χ4v) is 2.86. The van der Waals surface area contributed by atoms with Crippen LogP contribution < -0.4 is 26.2 Å². The Morgan fingerprint density at radius 3 is 2.58 bits per heavy atom. The highest BCUT2D eigenvalue weighted by Gasteiger charge is 2.24. The van der Waals surface area contributed by atoms with Crippen molar-refractivity contribution >= 4 is 17.3 Å². The lowest BCUT2D eigenvalue weighted by molar-refractivity contribution is -0.118. The lowest BCUT2D eigenvalue weighted by Crippen LogP contribution is -2.36. The lowest BCUT2D eigenvalue weighted by Gasteiger charge is -2.19. The van der Waals surface area contributed by atoms with Crippen LogP contribution in [0.5, 0.6) is 5.75 Å². The number of rotatable bonds is 4. The van der Waals surface area contributed by atoms with E-state index in [1.165, 1.54) is 12.1 Å². The summed E-state index contributed by atoms with van der Waals surface area (Å²) in [5, 5.41) is 5.61. The van der Waals surface area contributed by atoms with Gasteiger partial charge in [0.2, 0.25) is 10.9 Å². The van der Waals surface area contributed by atoms with Crippen molar-refractivity contribution in [1.29, 1.82) is 0 Å². The average molecular weight is 352 g/mol. The Balaban J connectivity index is 1.61. The standard InChI is InChI=1S/C19H13FN2O4/c20-12-4-1-10(2-5-12)8-21-17-16(18(24)19(17)25)11-3-6-13-14(7-11)26-9-15(23)22-13/h1-7,21H,8-9H2,(H,22,23). The third kappa shape index (κ3) is 2.73. The molecule has 1 aliphatic heterocycles. The van der Waals surface area contributed by atoms with E-state index in [1.54, 1.807) is 30.3 Å². The normalized spacial score (nSPS) is 13.0. The fourth-order valence-electron chi connectivity index (χ4n) is 2.86. The molecule has 7 heteroatoms. The van der Waals surface area contributed by atoms with Crippen molar-refractivity contribution < 1.29 is 13.9 Å². The summed E-state index contributed by atoms with van der Waals surface area (Å²) in [7, 11) is 0. The number of hydrogen-bond acceptors (Lipinski definition) is 5. The van der Waals surface area contributed by atoms with Gasteiger partial charge in [0.1, 0.15) is 11.6 Å². The van der Waals surface area contributed by atoms with Crippen LogP contribution in [0.1, 0.15) is 5.56 Å². The van der Waals surface area contributed by atoms with Crippen molar-refractivity contribution in [3.8, 4) is 16.9 Å². The summed E-state index contributed by atoms with van der Waals surface area (Å²) in [5.74, 6) is -0.148. The quantitative estimate of drug-likeness (QED) is 0.702. The molecule has 0 radical (unpaired) electrons. The van der Waals surface area contributed by atoms with Gasteiger partial charge in [-0.25, -0.2) is 4.39 Å². The number of nitrogens with one attached hydrogen (secondary N) is 2. The monoisotopic (exact) mass is 352 g/mol. The molecule has 1 amide bonds. The molecular formula is C19H13FN2O4. The van der Waals surface area contributed by atoms with E-state index in [0.717, 1.165) is 5.56 Å². The zero-order valence-corrected chi connectivity index (χ0v) is 13.5. The van der Waals surface area contributed by atoms with Gasteiger partial charge in [-0.1, -0.05) is 18.2 Å². The van der Waals surface area contributed by atoms with Gasteiger partial charge in [0.15, 0.2) is 6.61 Å². The number of fused-ring (bicyclic) bond motifs is 1. The number of anilines is 2. The third-order valence-electron chi connectivity index (χ3n) is 4.20. The Hall–Kier alpha value is -3.48. The molecule has 4 rings (SSSR count). The number of hydrogen-bond donors (Lipinski definition) is 2. The zero-order chi connectivity index (χ0) is 18.3. The van der Waals surface area contributed by atoms with Gasteiger partial charge in [-0.3, -0.25) is 14.4 Å². The topological polar surface area (TPSA) is 84.5 Å². The van der Waals surface area contributed by atoms with E-state index in [9.17, 15) is 18.8 Å². The predicted octanol–water partition coefficient (Wildman–Crippen LogP) is 2.03. The van der Waals surface area contributed by atoms with Gasteiger partial charge in [0.25, 0.3) is 5.91 Å². The Labute approximate surface area is 146 Å². The van der Waals surface area contributed by atoms with E-state index < -0.39 is 10.9 Å². The maximum Gasteiger partial charge on any atom is 0.262 e. The maximum atomic E-state index is 13.0. The van der Waals surface area contributed by atoms with Crippen molar-refractivity contribution in [1.82, 2.24) is 0 Å². The second-order valence-corrected chi connectivity index (χ2v) is 5.94. The Morgan fingerprint density at radius 2 is 1.81 bits per heavy atom. The average Bonchev–Trinajstić information content (AvgIpc) is 2.65. The summed E-state index contributed by atoms with van der Waals surface area (Å²) < 4.78 is 18.3. The molecule has 0 saturated heterocycles. The Kier molecular flexibility index (Phi) is 3.76. The molecule has 26 heavy (non-hydrogen) atoms. The molecule has 1 aliphatic rings. The van der Waals surface area contributed by atoms with Crippen molar-refractivity contribution in [2.45, 2.75) is 6.54 Å². The van der Waals surface area contributed by atoms with Gasteiger partial charge in [-0.05, 0) is 35.4 Å². The smallest absolute Gasteiger partial charge is 0.262 e. The SMILES string of the molecule is O=C1COc2cc(-c3c(NCc4ccc(F)cc4)c(=O)c3=O)ccc2N1. The molecule has 0 aliphatic carbocycles. The first-order valence-electron chi connectivity index (χ1n) is 7.91. The van der Waals surface area contributed by atoms with E-state index in [4.69, 9.17) is 4.74 Å². The highest BCUT2D eigenvalue weighted by Crippen LogP contribution is 2.34. The first-order valence-corrected chi connectivity index (χ1v) is 7.91. The highest BCUT2D eigenvalue weighted by atomic mass is 19.1. The Morgan fingerprint density at radius 1 is 1.04 bits per heavy atom. The van der Waals surface area contributed by atoms with Gasteiger partial charge < -0.3 is 15.4 Å². The van der Waals surface area contributed by atoms with Crippen molar-refractivity contribution in [2.24, 2.45) is 0 Å². The largest absolute Gasteiger partial charge is 0.482 e. The molecule has 0 unspecified atom stereocenters. The second-order valence-electron chi connectivity index (χ2n) is 5.94. The number of carbonyl (C=O) groups is 1. The molecule has 0 saturated carbocycles. The molecule has 0 spiro atoms. The number of amides is 1. The minimum absolute atomic E-state index is 0.0992. The van der Waals surface area contributed by atoms with Crippen molar-refractivity contribution in [3.63, 3.8) is 0 Å². The van der Waals surface area contributed by atoms with Crippen LogP contribution in [0, 0.1) is 5.82 Å². The number of carbonyl (C=O) groups excluding carboxylic acids is 1. The number of ether oxygens (including phenoxy) is 1. The molecule has 2 N–H and O–H groups in total. The highest BCUT2D eigenvalue weighted by molar-refractivity contribution is 5.96. The van der Waals surface area contributed by atoms with Crippen molar-refractivity contribution in [2.75, 3.05) is 17.2 Å². The molecule has 0 aromatic heterocycles. The van der Waals surface area contributed by atoms with Crippen LogP contribution in [0.25, 0.3) is 11.1 Å². The van der Waals surface area contributed by atoms with Crippen LogP contribution in [0.2, 0.25) is 0 Å². The molecule has 0 atom stereocenters. The second kappa shape index (κ2) is 6.11. The lowest BCUT2D eigenvalue weighted by atomic mass is 9.97. The van der Waals surface area contributed by atoms with E-state index in [2.05, 4.69) is 10.6 Å². The van der Waals surface area contributed by atoms with Gasteiger partial charge in [0, 0.05) is 6.54 Å². The summed E-state index contributed by atoms with van der Waals surface area (Å²) in [6, 6.07) is 10.7. The van der Waals surface area contributed by atoms with Gasteiger partial charge in [-0.15, -0.1) is 0 Å². The first kappa shape index (κ1) is 16.0. The fraction of sp³-hybridized carbons (Fsp3) is 0.105. The van der Waals surface area contributed by atoms with Crippen LogP contribution in [0.3, 0.4) is 0 Å². The zero-order valence-electron chi connectivity index (χ0n) is 13.5. The third-order valence-corrected chi connectivity index (χ3v) is 4.20. The van der Waals surface area contributed by atoms with Crippen LogP contribution >= 0.6 is 0 Å². The minimum atomic E-state index is -0.589. The first-order chi connectivity index (χ1) is 12.5. The Bertz CT molecular complexity index is 1080. The minimum Gasteiger partial charge on any atom is -0.482 e. The summed E-state index contributed by atoms with van der Waals surface area (Å²) in [4.78, 5) is 35.3. The molecule has 0 fully saturated rings. The van der Waals surface area contributed by atoms with Crippen LogP contribution in [-0.2, 0) is 11.3 Å². The van der Waals surface area contributed by atoms with Crippen molar-refractivity contribution in [3.05, 3.63) is 74.3 Å². The van der Waals surface area contributed by atoms with Crippen LogP contribution in [0.15, 0.2) is 52.1 Å². The van der Waals surface area contributed by atoms with E-state index in [-0.39, 0.29) is 36.1 Å². The van der Waals surface area contributed by atoms with Gasteiger partial charge >= 0.3 is 0 Å². The molecule has 3 aromatic carbocycles. The summed E-state index contributed by atoms with van der Waals surface area (Å²) in [6.45, 7) is 0.188. The van der Waals surface area contributed by atoms with Crippen LogP contribution in [-0.4, -0.2) is 12.5 Å². The predicted molar refractivity (Wildman–Crippen MR) is 94.6 cm³/mol. The summed E-state index contributed by atoms with van der Waals surface area (Å²) >= 11 is 0.